The molecule has 1 rings (SSSR count). The number of aliphatic carboxylic acids is 1. The first-order valence-electron chi connectivity index (χ1n) is 4.73. The zero-order valence-electron chi connectivity index (χ0n) is 9.21. The van der Waals surface area contributed by atoms with Gasteiger partial charge in [-0.2, -0.15) is 0 Å². The number of pyridine rings is 1. The number of carbonyl (C=O) groups is 3. The van der Waals surface area contributed by atoms with E-state index in [4.69, 9.17) is 16.7 Å². The molecule has 0 aromatic carbocycles. The number of hydrogen-bond acceptors (Lipinski definition) is 5. The Balaban J connectivity index is 2.75. The first kappa shape index (κ1) is 13.9. The third-order valence-electron chi connectivity index (χ3n) is 1.74. The molecule has 0 bridgehead atoms. The molecule has 0 fully saturated rings. The van der Waals surface area contributed by atoms with Crippen LogP contribution >= 0.6 is 11.6 Å². The van der Waals surface area contributed by atoms with Crippen molar-refractivity contribution in [2.45, 2.75) is 13.0 Å². The number of nitrogens with one attached hydrogen (secondary N) is 1. The summed E-state index contributed by atoms with van der Waals surface area (Å²) in [6, 6.07) is 0.943. The summed E-state index contributed by atoms with van der Waals surface area (Å²) in [5, 5.41) is 11.0. The van der Waals surface area contributed by atoms with E-state index in [1.165, 1.54) is 18.3 Å². The molecule has 0 radical (unpaired) electrons. The van der Waals surface area contributed by atoms with Crippen LogP contribution in [0.15, 0.2) is 18.3 Å². The average molecular weight is 273 g/mol. The Morgan fingerprint density at radius 2 is 2.11 bits per heavy atom. The van der Waals surface area contributed by atoms with Crippen molar-refractivity contribution in [1.82, 2.24) is 10.3 Å². The molecule has 0 aliphatic heterocycles. The number of aromatic nitrogens is 1. The summed E-state index contributed by atoms with van der Waals surface area (Å²) in [7, 11) is 0. The van der Waals surface area contributed by atoms with Crippen LogP contribution in [0.3, 0.4) is 0 Å². The Bertz CT molecular complexity index is 474. The molecule has 8 heteroatoms. The molecule has 1 aromatic rings. The quantitative estimate of drug-likeness (QED) is 0.600. The molecular formula is C10H9ClN2O5. The maximum atomic E-state index is 11.5. The summed E-state index contributed by atoms with van der Waals surface area (Å²) in [4.78, 5) is 36.7. The number of carboxylic acids is 1. The van der Waals surface area contributed by atoms with Gasteiger partial charge in [-0.05, 0) is 6.07 Å². The minimum Gasteiger partial charge on any atom is -0.479 e. The predicted octanol–water partition coefficient (Wildman–Crippen LogP) is 0.230. The molecule has 0 saturated carbocycles. The van der Waals surface area contributed by atoms with Crippen molar-refractivity contribution in [3.05, 3.63) is 23.4 Å². The molecule has 7 nitrogen and oxygen atoms in total. The Hall–Kier alpha value is -2.15. The van der Waals surface area contributed by atoms with E-state index in [0.717, 1.165) is 6.92 Å². The van der Waals surface area contributed by atoms with Gasteiger partial charge in [0.1, 0.15) is 0 Å². The van der Waals surface area contributed by atoms with Crippen molar-refractivity contribution in [3.8, 4) is 5.88 Å². The topological polar surface area (TPSA) is 106 Å². The lowest BCUT2D eigenvalue weighted by molar-refractivity contribution is -0.151. The van der Waals surface area contributed by atoms with Gasteiger partial charge in [0, 0.05) is 19.2 Å². The van der Waals surface area contributed by atoms with Crippen LogP contribution in [0.4, 0.5) is 0 Å². The van der Waals surface area contributed by atoms with E-state index in [0.29, 0.717) is 5.02 Å². The van der Waals surface area contributed by atoms with Crippen LogP contribution in [-0.2, 0) is 14.4 Å². The van der Waals surface area contributed by atoms with Gasteiger partial charge in [-0.15, -0.1) is 0 Å². The summed E-state index contributed by atoms with van der Waals surface area (Å²) in [6.45, 7) is 1.09. The summed E-state index contributed by atoms with van der Waals surface area (Å²) < 4.78 is 4.69. The highest BCUT2D eigenvalue weighted by Crippen LogP contribution is 2.12. The molecule has 0 saturated heterocycles. The Morgan fingerprint density at radius 1 is 1.44 bits per heavy atom. The van der Waals surface area contributed by atoms with Crippen molar-refractivity contribution in [1.29, 1.82) is 0 Å². The Labute approximate surface area is 107 Å². The number of rotatable bonds is 4. The lowest BCUT2D eigenvalue weighted by atomic mass is 10.3. The monoisotopic (exact) mass is 272 g/mol. The third-order valence-corrected chi connectivity index (χ3v) is 1.96. The van der Waals surface area contributed by atoms with Gasteiger partial charge >= 0.3 is 11.9 Å². The van der Waals surface area contributed by atoms with Crippen molar-refractivity contribution >= 4 is 29.4 Å². The molecule has 0 spiro atoms. The summed E-state index contributed by atoms with van der Waals surface area (Å²) in [5.74, 6) is -3.44. The van der Waals surface area contributed by atoms with Crippen LogP contribution in [0.2, 0.25) is 5.02 Å². The van der Waals surface area contributed by atoms with Gasteiger partial charge in [0.05, 0.1) is 5.02 Å². The average Bonchev–Trinajstić information content (AvgIpc) is 2.28. The molecule has 18 heavy (non-hydrogen) atoms. The molecule has 96 valence electrons. The zero-order valence-corrected chi connectivity index (χ0v) is 9.97. The number of amides is 1. The van der Waals surface area contributed by atoms with E-state index < -0.39 is 23.9 Å². The lowest BCUT2D eigenvalue weighted by Crippen LogP contribution is -2.47. The summed E-state index contributed by atoms with van der Waals surface area (Å²) in [5.41, 5.74) is 0. The van der Waals surface area contributed by atoms with Crippen LogP contribution < -0.4 is 10.1 Å². The molecule has 1 atom stereocenters. The van der Waals surface area contributed by atoms with Crippen LogP contribution in [0.25, 0.3) is 0 Å². The van der Waals surface area contributed by atoms with Crippen molar-refractivity contribution in [3.63, 3.8) is 0 Å². The molecular weight excluding hydrogens is 264 g/mol. The number of hydrogen-bond donors (Lipinski definition) is 2. The van der Waals surface area contributed by atoms with Crippen LogP contribution in [0.1, 0.15) is 6.92 Å². The van der Waals surface area contributed by atoms with Crippen LogP contribution in [-0.4, -0.2) is 34.0 Å². The van der Waals surface area contributed by atoms with Crippen molar-refractivity contribution in [2.24, 2.45) is 0 Å². The maximum absolute atomic E-state index is 11.5. The van der Waals surface area contributed by atoms with E-state index in [2.05, 4.69) is 9.72 Å². The SMILES string of the molecule is CC(=O)NC(C(=O)O)C(=O)Oc1ccc(Cl)cn1. The Kier molecular flexibility index (Phi) is 4.61. The fourth-order valence-corrected chi connectivity index (χ4v) is 1.12. The number of carbonyl (C=O) groups excluding carboxylic acids is 2. The number of carboxylic acid groups (broad SMARTS) is 1. The smallest absolute Gasteiger partial charge is 0.347 e. The second-order valence-electron chi connectivity index (χ2n) is 3.21. The molecule has 0 aliphatic carbocycles. The van der Waals surface area contributed by atoms with Gasteiger partial charge < -0.3 is 15.2 Å². The molecule has 1 amide bonds. The van der Waals surface area contributed by atoms with Gasteiger partial charge in [-0.1, -0.05) is 11.6 Å². The van der Waals surface area contributed by atoms with E-state index in [1.807, 2.05) is 5.32 Å². The minimum atomic E-state index is -1.78. The second kappa shape index (κ2) is 5.97. The predicted molar refractivity (Wildman–Crippen MR) is 60.1 cm³/mol. The normalized spacial score (nSPS) is 11.4. The van der Waals surface area contributed by atoms with Crippen LogP contribution in [0, 0.1) is 0 Å². The highest BCUT2D eigenvalue weighted by Gasteiger charge is 2.29. The largest absolute Gasteiger partial charge is 0.479 e. The van der Waals surface area contributed by atoms with Gasteiger partial charge in [0.15, 0.2) is 0 Å². The van der Waals surface area contributed by atoms with Gasteiger partial charge in [0.2, 0.25) is 17.8 Å². The molecule has 1 unspecified atom stereocenters. The molecule has 1 heterocycles. The van der Waals surface area contributed by atoms with Crippen LogP contribution in [0.5, 0.6) is 5.88 Å². The summed E-state index contributed by atoms with van der Waals surface area (Å²) in [6.07, 6.45) is 1.23. The van der Waals surface area contributed by atoms with E-state index in [1.54, 1.807) is 0 Å². The van der Waals surface area contributed by atoms with Gasteiger partial charge in [-0.3, -0.25) is 4.79 Å². The number of halogens is 1. The first-order valence-corrected chi connectivity index (χ1v) is 5.11. The van der Waals surface area contributed by atoms with E-state index in [-0.39, 0.29) is 5.88 Å². The molecule has 2 N–H and O–H groups in total. The number of ether oxygens (including phenoxy) is 1. The molecule has 1 aromatic heterocycles. The minimum absolute atomic E-state index is 0.110. The number of nitrogens with zero attached hydrogens (tertiary/aromatic N) is 1. The van der Waals surface area contributed by atoms with Crippen molar-refractivity contribution in [2.75, 3.05) is 0 Å². The van der Waals surface area contributed by atoms with Gasteiger partial charge in [0.25, 0.3) is 0 Å². The zero-order chi connectivity index (χ0) is 13.7. The number of esters is 1. The van der Waals surface area contributed by atoms with Gasteiger partial charge in [-0.25, -0.2) is 14.6 Å². The highest BCUT2D eigenvalue weighted by atomic mass is 35.5. The van der Waals surface area contributed by atoms with E-state index >= 15 is 0 Å². The standard InChI is InChI=1S/C10H9ClN2O5/c1-5(14)13-8(9(15)16)10(17)18-7-3-2-6(11)4-12-7/h2-4,8H,1H3,(H,13,14)(H,15,16). The first-order chi connectivity index (χ1) is 8.40. The Morgan fingerprint density at radius 3 is 2.56 bits per heavy atom. The maximum Gasteiger partial charge on any atom is 0.347 e. The third kappa shape index (κ3) is 4.02. The second-order valence-corrected chi connectivity index (χ2v) is 3.64. The fraction of sp³-hybridized carbons (Fsp3) is 0.200. The fourth-order valence-electron chi connectivity index (χ4n) is 1.01. The highest BCUT2D eigenvalue weighted by molar-refractivity contribution is 6.30. The lowest BCUT2D eigenvalue weighted by Gasteiger charge is -2.11. The van der Waals surface area contributed by atoms with E-state index in [9.17, 15) is 14.4 Å². The van der Waals surface area contributed by atoms with Crippen molar-refractivity contribution < 1.29 is 24.2 Å². The summed E-state index contributed by atoms with van der Waals surface area (Å²) >= 11 is 5.58. The molecule has 0 aliphatic rings.